The molecule has 1 N–H and O–H groups in total. The number of nitrogens with zero attached hydrogens (tertiary/aromatic N) is 1. The molecule has 1 heterocycles. The molecule has 22 heavy (non-hydrogen) atoms. The Bertz CT molecular complexity index is 647. The summed E-state index contributed by atoms with van der Waals surface area (Å²) in [5, 5.41) is 5.79. The van der Waals surface area contributed by atoms with E-state index in [1.54, 1.807) is 0 Å². The van der Waals surface area contributed by atoms with Crippen LogP contribution in [0.15, 0.2) is 42.5 Å². The summed E-state index contributed by atoms with van der Waals surface area (Å²) >= 11 is 0. The van der Waals surface area contributed by atoms with Crippen molar-refractivity contribution in [2.24, 2.45) is 0 Å². The molecule has 0 aliphatic carbocycles. The van der Waals surface area contributed by atoms with Crippen LogP contribution >= 0.6 is 0 Å². The summed E-state index contributed by atoms with van der Waals surface area (Å²) in [5.41, 5.74) is 1.11. The van der Waals surface area contributed by atoms with Crippen molar-refractivity contribution in [2.75, 3.05) is 19.6 Å². The number of nitrogens with one attached hydrogen (secondary N) is 1. The molecule has 1 aliphatic heterocycles. The van der Waals surface area contributed by atoms with Crippen molar-refractivity contribution in [1.29, 1.82) is 0 Å². The van der Waals surface area contributed by atoms with Gasteiger partial charge in [-0.25, -0.2) is 0 Å². The van der Waals surface area contributed by atoms with Gasteiger partial charge in [0.1, 0.15) is 0 Å². The van der Waals surface area contributed by atoms with E-state index in [2.05, 4.69) is 47.5 Å². The summed E-state index contributed by atoms with van der Waals surface area (Å²) in [6.07, 6.45) is 2.59. The number of carbonyl (C=O) groups excluding carboxylic acids is 1. The van der Waals surface area contributed by atoms with Crippen LogP contribution in [0.2, 0.25) is 0 Å². The SMILES string of the molecule is CCCN(C(=O)Cc1ccc2ccccc2c1)C1CCNC1. The van der Waals surface area contributed by atoms with Gasteiger partial charge in [-0.15, -0.1) is 0 Å². The maximum absolute atomic E-state index is 12.7. The van der Waals surface area contributed by atoms with Gasteiger partial charge in [-0.2, -0.15) is 0 Å². The highest BCUT2D eigenvalue weighted by Crippen LogP contribution is 2.18. The van der Waals surface area contributed by atoms with E-state index in [1.165, 1.54) is 10.8 Å². The molecule has 1 amide bonds. The van der Waals surface area contributed by atoms with Crippen LogP contribution in [0.5, 0.6) is 0 Å². The Morgan fingerprint density at radius 2 is 2.05 bits per heavy atom. The fourth-order valence-electron chi connectivity index (χ4n) is 3.28. The first kappa shape index (κ1) is 15.0. The van der Waals surface area contributed by atoms with Gasteiger partial charge >= 0.3 is 0 Å². The van der Waals surface area contributed by atoms with Crippen LogP contribution in [-0.4, -0.2) is 36.5 Å². The molecule has 0 aromatic heterocycles. The number of carbonyl (C=O) groups is 1. The van der Waals surface area contributed by atoms with Crippen molar-refractivity contribution in [3.8, 4) is 0 Å². The fraction of sp³-hybridized carbons (Fsp3) is 0.421. The maximum atomic E-state index is 12.7. The molecule has 0 bridgehead atoms. The lowest BCUT2D eigenvalue weighted by molar-refractivity contribution is -0.132. The van der Waals surface area contributed by atoms with Crippen molar-refractivity contribution >= 4 is 16.7 Å². The molecule has 2 aromatic carbocycles. The molecule has 2 aromatic rings. The van der Waals surface area contributed by atoms with Crippen LogP contribution in [0.25, 0.3) is 10.8 Å². The molecular weight excluding hydrogens is 272 g/mol. The molecule has 0 spiro atoms. The van der Waals surface area contributed by atoms with E-state index in [-0.39, 0.29) is 5.91 Å². The van der Waals surface area contributed by atoms with Gasteiger partial charge in [0, 0.05) is 19.1 Å². The topological polar surface area (TPSA) is 32.3 Å². The molecule has 3 heteroatoms. The normalized spacial score (nSPS) is 17.8. The lowest BCUT2D eigenvalue weighted by Crippen LogP contribution is -2.42. The smallest absolute Gasteiger partial charge is 0.227 e. The van der Waals surface area contributed by atoms with Crippen molar-refractivity contribution in [3.05, 3.63) is 48.0 Å². The first-order valence-electron chi connectivity index (χ1n) is 8.26. The second-order valence-corrected chi connectivity index (χ2v) is 6.09. The molecule has 1 atom stereocenters. The van der Waals surface area contributed by atoms with Gasteiger partial charge in [-0.1, -0.05) is 49.4 Å². The zero-order valence-corrected chi connectivity index (χ0v) is 13.2. The second kappa shape index (κ2) is 6.93. The lowest BCUT2D eigenvalue weighted by Gasteiger charge is -2.28. The average molecular weight is 296 g/mol. The number of rotatable bonds is 5. The van der Waals surface area contributed by atoms with Crippen molar-refractivity contribution < 1.29 is 4.79 Å². The highest BCUT2D eigenvalue weighted by molar-refractivity contribution is 5.85. The molecule has 1 unspecified atom stereocenters. The van der Waals surface area contributed by atoms with Gasteiger partial charge in [-0.3, -0.25) is 4.79 Å². The van der Waals surface area contributed by atoms with Gasteiger partial charge < -0.3 is 10.2 Å². The van der Waals surface area contributed by atoms with E-state index in [4.69, 9.17) is 0 Å². The van der Waals surface area contributed by atoms with Crippen molar-refractivity contribution in [1.82, 2.24) is 10.2 Å². The average Bonchev–Trinajstić information content (AvgIpc) is 3.06. The zero-order valence-electron chi connectivity index (χ0n) is 13.2. The van der Waals surface area contributed by atoms with Crippen LogP contribution in [0.1, 0.15) is 25.3 Å². The quantitative estimate of drug-likeness (QED) is 0.920. The minimum Gasteiger partial charge on any atom is -0.338 e. The Morgan fingerprint density at radius 3 is 2.77 bits per heavy atom. The molecular formula is C19H24N2O. The fourth-order valence-corrected chi connectivity index (χ4v) is 3.28. The number of hydrogen-bond donors (Lipinski definition) is 1. The Morgan fingerprint density at radius 1 is 1.23 bits per heavy atom. The van der Waals surface area contributed by atoms with Crippen LogP contribution in [0.3, 0.4) is 0 Å². The van der Waals surface area contributed by atoms with E-state index in [0.717, 1.165) is 38.0 Å². The predicted octanol–water partition coefficient (Wildman–Crippen LogP) is 2.98. The number of hydrogen-bond acceptors (Lipinski definition) is 2. The Labute approximate surface area is 132 Å². The van der Waals surface area contributed by atoms with Crippen molar-refractivity contribution in [2.45, 2.75) is 32.2 Å². The maximum Gasteiger partial charge on any atom is 0.227 e. The van der Waals surface area contributed by atoms with Crippen LogP contribution in [0, 0.1) is 0 Å². The third-order valence-electron chi connectivity index (χ3n) is 4.43. The molecule has 3 nitrogen and oxygen atoms in total. The summed E-state index contributed by atoms with van der Waals surface area (Å²) in [6, 6.07) is 15.0. The molecule has 0 saturated carbocycles. The van der Waals surface area contributed by atoms with E-state index in [0.29, 0.717) is 12.5 Å². The second-order valence-electron chi connectivity index (χ2n) is 6.09. The van der Waals surface area contributed by atoms with Gasteiger partial charge in [0.25, 0.3) is 0 Å². The standard InChI is InChI=1S/C19H24N2O/c1-2-11-21(18-9-10-20-14-18)19(22)13-15-7-8-16-5-3-4-6-17(16)12-15/h3-8,12,18,20H,2,9-11,13-14H2,1H3. The Kier molecular flexibility index (Phi) is 4.74. The minimum absolute atomic E-state index is 0.255. The van der Waals surface area contributed by atoms with Gasteiger partial charge in [0.05, 0.1) is 6.42 Å². The van der Waals surface area contributed by atoms with Crippen LogP contribution in [0.4, 0.5) is 0 Å². The van der Waals surface area contributed by atoms with E-state index < -0.39 is 0 Å². The summed E-state index contributed by atoms with van der Waals surface area (Å²) in [6.45, 7) is 4.95. The first-order valence-corrected chi connectivity index (χ1v) is 8.26. The highest BCUT2D eigenvalue weighted by Gasteiger charge is 2.25. The number of benzene rings is 2. The molecule has 1 fully saturated rings. The zero-order chi connectivity index (χ0) is 15.4. The minimum atomic E-state index is 0.255. The third kappa shape index (κ3) is 3.30. The molecule has 1 saturated heterocycles. The molecule has 0 radical (unpaired) electrons. The van der Waals surface area contributed by atoms with E-state index >= 15 is 0 Å². The van der Waals surface area contributed by atoms with Crippen LogP contribution in [-0.2, 0) is 11.2 Å². The Hall–Kier alpha value is -1.87. The molecule has 3 rings (SSSR count). The van der Waals surface area contributed by atoms with E-state index in [1.807, 2.05) is 12.1 Å². The summed E-state index contributed by atoms with van der Waals surface area (Å²) in [4.78, 5) is 14.8. The first-order chi connectivity index (χ1) is 10.8. The third-order valence-corrected chi connectivity index (χ3v) is 4.43. The predicted molar refractivity (Wildman–Crippen MR) is 90.9 cm³/mol. The summed E-state index contributed by atoms with van der Waals surface area (Å²) in [5.74, 6) is 0.255. The van der Waals surface area contributed by atoms with Gasteiger partial charge in [-0.05, 0) is 35.7 Å². The van der Waals surface area contributed by atoms with E-state index in [9.17, 15) is 4.79 Å². The number of fused-ring (bicyclic) bond motifs is 1. The number of amides is 1. The summed E-state index contributed by atoms with van der Waals surface area (Å²) < 4.78 is 0. The monoisotopic (exact) mass is 296 g/mol. The molecule has 1 aliphatic rings. The van der Waals surface area contributed by atoms with Crippen LogP contribution < -0.4 is 5.32 Å². The highest BCUT2D eigenvalue weighted by atomic mass is 16.2. The Balaban J connectivity index is 1.75. The molecule has 116 valence electrons. The lowest BCUT2D eigenvalue weighted by atomic mass is 10.0. The van der Waals surface area contributed by atoms with Gasteiger partial charge in [0.2, 0.25) is 5.91 Å². The van der Waals surface area contributed by atoms with Gasteiger partial charge in [0.15, 0.2) is 0 Å². The summed E-state index contributed by atoms with van der Waals surface area (Å²) in [7, 11) is 0. The largest absolute Gasteiger partial charge is 0.338 e. The van der Waals surface area contributed by atoms with Crippen molar-refractivity contribution in [3.63, 3.8) is 0 Å².